The van der Waals surface area contributed by atoms with Gasteiger partial charge < -0.3 is 10.8 Å². The Morgan fingerprint density at radius 3 is 2.27 bits per heavy atom. The number of carbonyl (C=O) groups is 1. The number of hydrogen-bond donors (Lipinski definition) is 2. The van der Waals surface area contributed by atoms with Gasteiger partial charge in [-0.05, 0) is 18.8 Å². The summed E-state index contributed by atoms with van der Waals surface area (Å²) in [6.45, 7) is 0. The fraction of sp³-hybridized carbons (Fsp3) is 0.917. The molecule has 0 amide bonds. The minimum Gasteiger partial charge on any atom is -0.480 e. The van der Waals surface area contributed by atoms with E-state index in [4.69, 9.17) is 10.8 Å². The van der Waals surface area contributed by atoms with Crippen molar-refractivity contribution in [1.82, 2.24) is 0 Å². The van der Waals surface area contributed by atoms with Crippen LogP contribution < -0.4 is 5.73 Å². The molecule has 1 aliphatic carbocycles. The number of carboxylic acids is 1. The zero-order valence-corrected chi connectivity index (χ0v) is 9.45. The van der Waals surface area contributed by atoms with Gasteiger partial charge in [0.1, 0.15) is 6.04 Å². The molecule has 1 fully saturated rings. The zero-order chi connectivity index (χ0) is 11.1. The fourth-order valence-corrected chi connectivity index (χ4v) is 2.37. The highest BCUT2D eigenvalue weighted by atomic mass is 16.4. The predicted molar refractivity (Wildman–Crippen MR) is 60.7 cm³/mol. The molecule has 3 N–H and O–H groups in total. The van der Waals surface area contributed by atoms with E-state index >= 15 is 0 Å². The Hall–Kier alpha value is -0.570. The van der Waals surface area contributed by atoms with Crippen molar-refractivity contribution < 1.29 is 9.90 Å². The molecule has 1 rings (SSSR count). The van der Waals surface area contributed by atoms with Crippen molar-refractivity contribution >= 4 is 5.97 Å². The smallest absolute Gasteiger partial charge is 0.320 e. The molecular weight excluding hydrogens is 190 g/mol. The van der Waals surface area contributed by atoms with E-state index in [0.717, 1.165) is 12.3 Å². The second-order valence-electron chi connectivity index (χ2n) is 4.73. The summed E-state index contributed by atoms with van der Waals surface area (Å²) < 4.78 is 0. The van der Waals surface area contributed by atoms with Gasteiger partial charge in [0.15, 0.2) is 0 Å². The first-order valence-electron chi connectivity index (χ1n) is 6.18. The fourth-order valence-electron chi connectivity index (χ4n) is 2.37. The van der Waals surface area contributed by atoms with Crippen LogP contribution in [-0.2, 0) is 4.79 Å². The zero-order valence-electron chi connectivity index (χ0n) is 9.45. The van der Waals surface area contributed by atoms with E-state index in [1.807, 2.05) is 0 Å². The molecule has 0 aromatic carbocycles. The van der Waals surface area contributed by atoms with E-state index in [1.54, 1.807) is 0 Å². The largest absolute Gasteiger partial charge is 0.480 e. The van der Waals surface area contributed by atoms with Crippen LogP contribution in [0.2, 0.25) is 0 Å². The van der Waals surface area contributed by atoms with E-state index in [0.29, 0.717) is 6.42 Å². The van der Waals surface area contributed by atoms with Crippen LogP contribution in [0.5, 0.6) is 0 Å². The summed E-state index contributed by atoms with van der Waals surface area (Å²) in [5, 5.41) is 8.69. The molecule has 1 aliphatic rings. The van der Waals surface area contributed by atoms with Gasteiger partial charge in [0.05, 0.1) is 0 Å². The lowest BCUT2D eigenvalue weighted by Crippen LogP contribution is -2.30. The minimum absolute atomic E-state index is 0.639. The maximum absolute atomic E-state index is 10.6. The molecule has 15 heavy (non-hydrogen) atoms. The van der Waals surface area contributed by atoms with Crippen LogP contribution in [0, 0.1) is 5.92 Å². The normalized spacial score (nSPS) is 21.7. The van der Waals surface area contributed by atoms with Gasteiger partial charge in [-0.3, -0.25) is 4.79 Å². The quantitative estimate of drug-likeness (QED) is 0.754. The van der Waals surface area contributed by atoms with Gasteiger partial charge in [0, 0.05) is 0 Å². The number of nitrogens with two attached hydrogens (primary N) is 1. The maximum Gasteiger partial charge on any atom is 0.320 e. The van der Waals surface area contributed by atoms with Crippen molar-refractivity contribution in [1.29, 1.82) is 0 Å². The Morgan fingerprint density at radius 1 is 1.20 bits per heavy atom. The lowest BCUT2D eigenvalue weighted by molar-refractivity contribution is -0.138. The van der Waals surface area contributed by atoms with E-state index in [9.17, 15) is 4.79 Å². The maximum atomic E-state index is 10.6. The molecule has 0 radical (unpaired) electrons. The van der Waals surface area contributed by atoms with Crippen LogP contribution in [0.1, 0.15) is 57.8 Å². The topological polar surface area (TPSA) is 63.3 Å². The number of rotatable bonds is 4. The first-order valence-corrected chi connectivity index (χ1v) is 6.18. The van der Waals surface area contributed by atoms with E-state index < -0.39 is 12.0 Å². The van der Waals surface area contributed by atoms with Crippen molar-refractivity contribution in [2.45, 2.75) is 63.8 Å². The first kappa shape index (κ1) is 12.5. The molecule has 1 unspecified atom stereocenters. The second kappa shape index (κ2) is 6.83. The van der Waals surface area contributed by atoms with Gasteiger partial charge in [0.25, 0.3) is 0 Å². The third-order valence-electron chi connectivity index (χ3n) is 3.43. The Kier molecular flexibility index (Phi) is 5.69. The van der Waals surface area contributed by atoms with Crippen LogP contribution in [0.15, 0.2) is 0 Å². The van der Waals surface area contributed by atoms with Crippen molar-refractivity contribution in [2.75, 3.05) is 0 Å². The molecule has 0 aliphatic heterocycles. The predicted octanol–water partition coefficient (Wildman–Crippen LogP) is 2.54. The average Bonchev–Trinajstić information content (AvgIpc) is 2.15. The van der Waals surface area contributed by atoms with E-state index in [-0.39, 0.29) is 0 Å². The number of aliphatic carboxylic acids is 1. The average molecular weight is 213 g/mol. The summed E-state index contributed by atoms with van der Waals surface area (Å²) in [5.74, 6) is -0.142. The van der Waals surface area contributed by atoms with Gasteiger partial charge in [0.2, 0.25) is 0 Å². The van der Waals surface area contributed by atoms with Crippen LogP contribution >= 0.6 is 0 Å². The summed E-state index contributed by atoms with van der Waals surface area (Å²) in [6, 6.07) is -0.657. The standard InChI is InChI=1S/C12H23NO2/c13-11(12(14)15)9-8-10-6-4-2-1-3-5-7-10/h10-11H,1-9,13H2,(H,14,15). The highest BCUT2D eigenvalue weighted by Gasteiger charge is 2.16. The Labute approximate surface area is 92.0 Å². The molecule has 0 aromatic heterocycles. The first-order chi connectivity index (χ1) is 7.20. The highest BCUT2D eigenvalue weighted by Crippen LogP contribution is 2.25. The summed E-state index contributed by atoms with van der Waals surface area (Å²) in [5.41, 5.74) is 5.50. The van der Waals surface area contributed by atoms with Gasteiger partial charge in [-0.1, -0.05) is 44.9 Å². The van der Waals surface area contributed by atoms with Crippen LogP contribution in [0.4, 0.5) is 0 Å². The second-order valence-corrected chi connectivity index (χ2v) is 4.73. The molecule has 0 heterocycles. The van der Waals surface area contributed by atoms with Gasteiger partial charge in [-0.2, -0.15) is 0 Å². The molecular formula is C12H23NO2. The third-order valence-corrected chi connectivity index (χ3v) is 3.43. The van der Waals surface area contributed by atoms with Crippen LogP contribution in [0.3, 0.4) is 0 Å². The third kappa shape index (κ3) is 5.17. The molecule has 1 atom stereocenters. The van der Waals surface area contributed by atoms with Crippen molar-refractivity contribution in [3.8, 4) is 0 Å². The Morgan fingerprint density at radius 2 is 1.73 bits per heavy atom. The molecule has 0 spiro atoms. The van der Waals surface area contributed by atoms with Gasteiger partial charge >= 0.3 is 5.97 Å². The van der Waals surface area contributed by atoms with Gasteiger partial charge in [-0.25, -0.2) is 0 Å². The summed E-state index contributed by atoms with van der Waals surface area (Å²) >= 11 is 0. The number of carboxylic acid groups (broad SMARTS) is 1. The van der Waals surface area contributed by atoms with Crippen molar-refractivity contribution in [3.63, 3.8) is 0 Å². The molecule has 0 saturated heterocycles. The Balaban J connectivity index is 2.20. The molecule has 3 nitrogen and oxygen atoms in total. The summed E-state index contributed by atoms with van der Waals surface area (Å²) in [4.78, 5) is 10.6. The van der Waals surface area contributed by atoms with Crippen LogP contribution in [-0.4, -0.2) is 17.1 Å². The van der Waals surface area contributed by atoms with Crippen LogP contribution in [0.25, 0.3) is 0 Å². The van der Waals surface area contributed by atoms with Gasteiger partial charge in [-0.15, -0.1) is 0 Å². The van der Waals surface area contributed by atoms with Crippen molar-refractivity contribution in [2.24, 2.45) is 11.7 Å². The monoisotopic (exact) mass is 213 g/mol. The molecule has 0 bridgehead atoms. The Bertz CT molecular complexity index is 186. The lowest BCUT2D eigenvalue weighted by atomic mass is 9.87. The lowest BCUT2D eigenvalue weighted by Gasteiger charge is -2.20. The molecule has 3 heteroatoms. The molecule has 0 aromatic rings. The molecule has 88 valence electrons. The summed E-state index contributed by atoms with van der Waals surface area (Å²) in [6.07, 6.45) is 10.9. The minimum atomic E-state index is -0.860. The SMILES string of the molecule is NC(CCC1CCCCCCC1)C(=O)O. The summed E-state index contributed by atoms with van der Waals surface area (Å²) in [7, 11) is 0. The highest BCUT2D eigenvalue weighted by molar-refractivity contribution is 5.72. The van der Waals surface area contributed by atoms with E-state index in [1.165, 1.54) is 44.9 Å². The molecule has 1 saturated carbocycles. The number of hydrogen-bond acceptors (Lipinski definition) is 2. The van der Waals surface area contributed by atoms with E-state index in [2.05, 4.69) is 0 Å². The van der Waals surface area contributed by atoms with Crippen molar-refractivity contribution in [3.05, 3.63) is 0 Å².